The number of phenolic OH excluding ortho intramolecular Hbond substituents is 1. The lowest BCUT2D eigenvalue weighted by atomic mass is 9.83. The van der Waals surface area contributed by atoms with Crippen molar-refractivity contribution in [1.29, 1.82) is 0 Å². The normalized spacial score (nSPS) is 25.7. The first-order chi connectivity index (χ1) is 11.9. The van der Waals surface area contributed by atoms with Crippen LogP contribution in [0.3, 0.4) is 0 Å². The Labute approximate surface area is 157 Å². The van der Waals surface area contributed by atoms with Crippen molar-refractivity contribution >= 4 is 23.2 Å². The average Bonchev–Trinajstić information content (AvgIpc) is 3.37. The number of benzene rings is 2. The van der Waals surface area contributed by atoms with Gasteiger partial charge in [-0.15, -0.1) is 0 Å². The lowest BCUT2D eigenvalue weighted by molar-refractivity contribution is 0.265. The molecule has 2 aliphatic rings. The van der Waals surface area contributed by atoms with Gasteiger partial charge in [0.05, 0.1) is 6.61 Å². The summed E-state index contributed by atoms with van der Waals surface area (Å²) in [6, 6.07) is 9.54. The average molecular weight is 379 g/mol. The number of halogens is 2. The Balaban J connectivity index is 1.82. The molecule has 1 saturated heterocycles. The molecule has 0 amide bonds. The Hall–Kier alpha value is -1.30. The number of ether oxygens (including phenoxy) is 1. The first kappa shape index (κ1) is 17.1. The fourth-order valence-corrected chi connectivity index (χ4v) is 4.30. The highest BCUT2D eigenvalue weighted by Crippen LogP contribution is 2.44. The van der Waals surface area contributed by atoms with Gasteiger partial charge >= 0.3 is 0 Å². The SMILES string of the molecule is CNC1(c2cc(C3CN(C)Cc4c(Cl)cc(Cl)cc43)ccc2O)CO1. The molecule has 2 N–H and O–H groups in total. The quantitative estimate of drug-likeness (QED) is 0.799. The number of rotatable bonds is 3. The van der Waals surface area contributed by atoms with Crippen LogP contribution in [0.15, 0.2) is 30.3 Å². The van der Waals surface area contributed by atoms with Crippen molar-refractivity contribution in [2.24, 2.45) is 0 Å². The number of fused-ring (bicyclic) bond motifs is 1. The van der Waals surface area contributed by atoms with E-state index in [0.29, 0.717) is 16.7 Å². The summed E-state index contributed by atoms with van der Waals surface area (Å²) in [5, 5.41) is 14.8. The molecule has 0 spiro atoms. The zero-order chi connectivity index (χ0) is 17.8. The van der Waals surface area contributed by atoms with Gasteiger partial charge in [0.15, 0.2) is 5.72 Å². The van der Waals surface area contributed by atoms with E-state index in [1.165, 1.54) is 0 Å². The molecule has 6 heteroatoms. The minimum atomic E-state index is -0.574. The van der Waals surface area contributed by atoms with Gasteiger partial charge in [0.25, 0.3) is 0 Å². The van der Waals surface area contributed by atoms with Crippen LogP contribution in [0, 0.1) is 0 Å². The third-order valence-electron chi connectivity index (χ3n) is 5.19. The number of aromatic hydroxyl groups is 1. The molecule has 0 bridgehead atoms. The van der Waals surface area contributed by atoms with Crippen LogP contribution in [0.5, 0.6) is 5.75 Å². The summed E-state index contributed by atoms with van der Waals surface area (Å²) < 4.78 is 5.56. The molecule has 2 aliphatic heterocycles. The Morgan fingerprint density at radius 1 is 1.28 bits per heavy atom. The Bertz CT molecular complexity index is 836. The van der Waals surface area contributed by atoms with Gasteiger partial charge < -0.3 is 14.7 Å². The van der Waals surface area contributed by atoms with Crippen molar-refractivity contribution in [2.45, 2.75) is 18.2 Å². The van der Waals surface area contributed by atoms with Gasteiger partial charge in [-0.3, -0.25) is 5.32 Å². The molecular formula is C19H20Cl2N2O2. The smallest absolute Gasteiger partial charge is 0.172 e. The van der Waals surface area contributed by atoms with E-state index in [2.05, 4.69) is 17.3 Å². The molecule has 1 fully saturated rings. The van der Waals surface area contributed by atoms with Gasteiger partial charge in [0.2, 0.25) is 0 Å². The second-order valence-electron chi connectivity index (χ2n) is 6.85. The maximum absolute atomic E-state index is 10.3. The maximum atomic E-state index is 10.3. The van der Waals surface area contributed by atoms with E-state index >= 15 is 0 Å². The van der Waals surface area contributed by atoms with Crippen LogP contribution in [0.25, 0.3) is 0 Å². The fourth-order valence-electron chi connectivity index (χ4n) is 3.73. The summed E-state index contributed by atoms with van der Waals surface area (Å²) in [4.78, 5) is 2.25. The largest absolute Gasteiger partial charge is 0.508 e. The number of nitrogens with zero attached hydrogens (tertiary/aromatic N) is 1. The number of hydrogen-bond acceptors (Lipinski definition) is 4. The van der Waals surface area contributed by atoms with E-state index in [9.17, 15) is 5.11 Å². The highest BCUT2D eigenvalue weighted by Gasteiger charge is 2.47. The maximum Gasteiger partial charge on any atom is 0.172 e. The van der Waals surface area contributed by atoms with E-state index in [1.54, 1.807) is 12.1 Å². The summed E-state index contributed by atoms with van der Waals surface area (Å²) in [6.45, 7) is 2.22. The molecule has 0 saturated carbocycles. The predicted molar refractivity (Wildman–Crippen MR) is 99.4 cm³/mol. The molecule has 0 radical (unpaired) electrons. The van der Waals surface area contributed by atoms with Crippen molar-refractivity contribution in [2.75, 3.05) is 27.2 Å². The molecule has 2 atom stereocenters. The van der Waals surface area contributed by atoms with E-state index in [0.717, 1.165) is 35.3 Å². The van der Waals surface area contributed by atoms with Crippen LogP contribution >= 0.6 is 23.2 Å². The number of phenols is 1. The lowest BCUT2D eigenvalue weighted by Gasteiger charge is -2.33. The van der Waals surface area contributed by atoms with Gasteiger partial charge in [-0.1, -0.05) is 29.3 Å². The molecule has 0 aromatic heterocycles. The second-order valence-corrected chi connectivity index (χ2v) is 7.69. The molecule has 4 nitrogen and oxygen atoms in total. The summed E-state index contributed by atoms with van der Waals surface area (Å²) in [5.74, 6) is 0.376. The summed E-state index contributed by atoms with van der Waals surface area (Å²) >= 11 is 12.7. The topological polar surface area (TPSA) is 48.0 Å². The molecule has 2 aromatic carbocycles. The minimum absolute atomic E-state index is 0.136. The first-order valence-corrected chi connectivity index (χ1v) is 9.02. The van der Waals surface area contributed by atoms with Crippen molar-refractivity contribution in [3.63, 3.8) is 0 Å². The summed E-state index contributed by atoms with van der Waals surface area (Å²) in [7, 11) is 3.92. The van der Waals surface area contributed by atoms with Crippen molar-refractivity contribution in [3.8, 4) is 5.75 Å². The predicted octanol–water partition coefficient (Wildman–Crippen LogP) is 3.68. The van der Waals surface area contributed by atoms with Crippen LogP contribution < -0.4 is 5.32 Å². The van der Waals surface area contributed by atoms with Crippen LogP contribution in [0.2, 0.25) is 10.0 Å². The van der Waals surface area contributed by atoms with E-state index < -0.39 is 5.72 Å². The highest BCUT2D eigenvalue weighted by atomic mass is 35.5. The van der Waals surface area contributed by atoms with Crippen molar-refractivity contribution < 1.29 is 9.84 Å². The van der Waals surface area contributed by atoms with E-state index in [4.69, 9.17) is 27.9 Å². The Kier molecular flexibility index (Phi) is 4.21. The number of hydrogen-bond donors (Lipinski definition) is 2. The molecular weight excluding hydrogens is 359 g/mol. The standard InChI is InChI=1S/C19H20Cl2N2O2/c1-22-19(10-25-19)16-5-11(3-4-18(16)24)14-8-23(2)9-15-13(14)6-12(20)7-17(15)21/h3-7,14,22,24H,8-10H2,1-2H3. The van der Waals surface area contributed by atoms with Crippen molar-refractivity contribution in [1.82, 2.24) is 10.2 Å². The van der Waals surface area contributed by atoms with Gasteiger partial charge in [0.1, 0.15) is 5.75 Å². The molecule has 2 aromatic rings. The summed E-state index contributed by atoms with van der Waals surface area (Å²) in [5.41, 5.74) is 3.59. The number of likely N-dealkylation sites (N-methyl/N-ethyl adjacent to an activating group) is 2. The highest BCUT2D eigenvalue weighted by molar-refractivity contribution is 6.35. The summed E-state index contributed by atoms with van der Waals surface area (Å²) in [6.07, 6.45) is 0. The van der Waals surface area contributed by atoms with Crippen molar-refractivity contribution in [3.05, 3.63) is 62.6 Å². The fraction of sp³-hybridized carbons (Fsp3) is 0.368. The van der Waals surface area contributed by atoms with Crippen LogP contribution in [-0.2, 0) is 17.0 Å². The number of epoxide rings is 1. The minimum Gasteiger partial charge on any atom is -0.508 e. The van der Waals surface area contributed by atoms with Crippen LogP contribution in [0.4, 0.5) is 0 Å². The van der Waals surface area contributed by atoms with Gasteiger partial charge in [0, 0.05) is 34.6 Å². The zero-order valence-corrected chi connectivity index (χ0v) is 15.7. The molecule has 4 rings (SSSR count). The first-order valence-electron chi connectivity index (χ1n) is 8.26. The second kappa shape index (κ2) is 6.15. The monoisotopic (exact) mass is 378 g/mol. The lowest BCUT2D eigenvalue weighted by Crippen LogP contribution is -2.32. The molecule has 0 aliphatic carbocycles. The molecule has 2 heterocycles. The van der Waals surface area contributed by atoms with Crippen LogP contribution in [0.1, 0.15) is 28.2 Å². The van der Waals surface area contributed by atoms with E-state index in [-0.39, 0.29) is 11.7 Å². The molecule has 132 valence electrons. The number of nitrogens with one attached hydrogen (secondary N) is 1. The Morgan fingerprint density at radius 3 is 2.72 bits per heavy atom. The third-order valence-corrected chi connectivity index (χ3v) is 5.74. The molecule has 25 heavy (non-hydrogen) atoms. The van der Waals surface area contributed by atoms with Crippen LogP contribution in [-0.4, -0.2) is 37.3 Å². The molecule has 2 unspecified atom stereocenters. The van der Waals surface area contributed by atoms with Gasteiger partial charge in [-0.2, -0.15) is 0 Å². The van der Waals surface area contributed by atoms with Gasteiger partial charge in [-0.05, 0) is 55.1 Å². The zero-order valence-electron chi connectivity index (χ0n) is 14.1. The van der Waals surface area contributed by atoms with Gasteiger partial charge in [-0.25, -0.2) is 0 Å². The Morgan fingerprint density at radius 2 is 2.04 bits per heavy atom. The van der Waals surface area contributed by atoms with E-state index in [1.807, 2.05) is 25.2 Å². The third kappa shape index (κ3) is 2.92.